The van der Waals surface area contributed by atoms with Gasteiger partial charge in [0.1, 0.15) is 0 Å². The fourth-order valence-corrected chi connectivity index (χ4v) is 2.02. The van der Waals surface area contributed by atoms with Crippen molar-refractivity contribution in [1.82, 2.24) is 15.0 Å². The highest BCUT2D eigenvalue weighted by Gasteiger charge is 2.16. The maximum Gasteiger partial charge on any atom is 0.241 e. The number of nitrogens with zero attached hydrogens (tertiary/aromatic N) is 3. The van der Waals surface area contributed by atoms with Crippen molar-refractivity contribution in [3.8, 4) is 11.4 Å². The number of morpholine rings is 1. The van der Waals surface area contributed by atoms with Gasteiger partial charge in [0.2, 0.25) is 11.7 Å². The van der Waals surface area contributed by atoms with E-state index in [2.05, 4.69) is 15.0 Å². The van der Waals surface area contributed by atoms with Crippen LogP contribution in [0.15, 0.2) is 22.7 Å². The van der Waals surface area contributed by atoms with Gasteiger partial charge in [-0.3, -0.25) is 4.90 Å². The number of hydrogen-bond donors (Lipinski definition) is 0. The summed E-state index contributed by atoms with van der Waals surface area (Å²) >= 11 is 0. The first kappa shape index (κ1) is 13.1. The SMILES string of the molecule is Fc1ccc(-c2noc(CN3CCOCC3)n2)cc1F. The van der Waals surface area contributed by atoms with E-state index in [0.29, 0.717) is 31.2 Å². The molecule has 1 aliphatic heterocycles. The molecule has 0 saturated carbocycles. The van der Waals surface area contributed by atoms with Crippen LogP contribution < -0.4 is 0 Å². The van der Waals surface area contributed by atoms with Gasteiger partial charge in [0, 0.05) is 18.7 Å². The Bertz CT molecular complexity index is 597. The lowest BCUT2D eigenvalue weighted by atomic mass is 10.2. The average Bonchev–Trinajstić information content (AvgIpc) is 2.91. The average molecular weight is 281 g/mol. The predicted octanol–water partition coefficient (Wildman–Crippen LogP) is 1.85. The normalized spacial score (nSPS) is 16.5. The lowest BCUT2D eigenvalue weighted by molar-refractivity contribution is 0.0297. The molecule has 7 heteroatoms. The molecule has 0 radical (unpaired) electrons. The minimum Gasteiger partial charge on any atom is -0.379 e. The number of aromatic nitrogens is 2. The quantitative estimate of drug-likeness (QED) is 0.859. The van der Waals surface area contributed by atoms with Gasteiger partial charge in [0.15, 0.2) is 11.6 Å². The van der Waals surface area contributed by atoms with Crippen LogP contribution >= 0.6 is 0 Å². The van der Waals surface area contributed by atoms with Gasteiger partial charge in [-0.1, -0.05) is 5.16 Å². The molecule has 0 spiro atoms. The van der Waals surface area contributed by atoms with Gasteiger partial charge in [-0.15, -0.1) is 0 Å². The van der Waals surface area contributed by atoms with E-state index >= 15 is 0 Å². The first-order valence-corrected chi connectivity index (χ1v) is 6.30. The largest absolute Gasteiger partial charge is 0.379 e. The van der Waals surface area contributed by atoms with Crippen molar-refractivity contribution in [1.29, 1.82) is 0 Å². The second kappa shape index (κ2) is 5.64. The van der Waals surface area contributed by atoms with Crippen LogP contribution in [0.5, 0.6) is 0 Å². The van der Waals surface area contributed by atoms with Crippen LogP contribution in [0.2, 0.25) is 0 Å². The van der Waals surface area contributed by atoms with E-state index in [4.69, 9.17) is 9.26 Å². The highest BCUT2D eigenvalue weighted by Crippen LogP contribution is 2.19. The van der Waals surface area contributed by atoms with Crippen molar-refractivity contribution < 1.29 is 18.0 Å². The van der Waals surface area contributed by atoms with Crippen LogP contribution in [-0.2, 0) is 11.3 Å². The van der Waals surface area contributed by atoms with Crippen LogP contribution in [0.25, 0.3) is 11.4 Å². The molecule has 20 heavy (non-hydrogen) atoms. The summed E-state index contributed by atoms with van der Waals surface area (Å²) in [6.07, 6.45) is 0. The van der Waals surface area contributed by atoms with Crippen molar-refractivity contribution in [3.63, 3.8) is 0 Å². The van der Waals surface area contributed by atoms with Gasteiger partial charge in [-0.25, -0.2) is 8.78 Å². The molecule has 1 aromatic carbocycles. The molecule has 0 bridgehead atoms. The highest BCUT2D eigenvalue weighted by atomic mass is 19.2. The maximum atomic E-state index is 13.2. The molecule has 1 fully saturated rings. The zero-order valence-electron chi connectivity index (χ0n) is 10.7. The molecule has 2 heterocycles. The molecule has 0 amide bonds. The zero-order chi connectivity index (χ0) is 13.9. The molecule has 0 N–H and O–H groups in total. The third-order valence-corrected chi connectivity index (χ3v) is 3.11. The Morgan fingerprint density at radius 1 is 1.15 bits per heavy atom. The standard InChI is InChI=1S/C13H13F2N3O2/c14-10-2-1-9(7-11(10)15)13-16-12(20-17-13)8-18-3-5-19-6-4-18/h1-2,7H,3-6,8H2. The number of benzene rings is 1. The summed E-state index contributed by atoms with van der Waals surface area (Å²) in [7, 11) is 0. The van der Waals surface area contributed by atoms with Gasteiger partial charge in [-0.2, -0.15) is 4.98 Å². The Morgan fingerprint density at radius 3 is 2.70 bits per heavy atom. The second-order valence-corrected chi connectivity index (χ2v) is 4.53. The molecule has 1 saturated heterocycles. The van der Waals surface area contributed by atoms with Crippen molar-refractivity contribution >= 4 is 0 Å². The summed E-state index contributed by atoms with van der Waals surface area (Å²) in [5, 5.41) is 3.79. The summed E-state index contributed by atoms with van der Waals surface area (Å²) in [4.78, 5) is 6.33. The van der Waals surface area contributed by atoms with Gasteiger partial charge in [-0.05, 0) is 18.2 Å². The minimum absolute atomic E-state index is 0.257. The molecule has 0 aliphatic carbocycles. The number of rotatable bonds is 3. The lowest BCUT2D eigenvalue weighted by Crippen LogP contribution is -2.35. The first-order valence-electron chi connectivity index (χ1n) is 6.30. The Labute approximate surface area is 114 Å². The van der Waals surface area contributed by atoms with Crippen molar-refractivity contribution in [2.75, 3.05) is 26.3 Å². The van der Waals surface area contributed by atoms with E-state index in [1.807, 2.05) is 0 Å². The third kappa shape index (κ3) is 2.83. The van der Waals surface area contributed by atoms with Gasteiger partial charge in [0.25, 0.3) is 0 Å². The molecule has 5 nitrogen and oxygen atoms in total. The Hall–Kier alpha value is -1.86. The van der Waals surface area contributed by atoms with Crippen LogP contribution in [0.1, 0.15) is 5.89 Å². The van der Waals surface area contributed by atoms with E-state index in [9.17, 15) is 8.78 Å². The Balaban J connectivity index is 1.73. The van der Waals surface area contributed by atoms with Crippen LogP contribution in [0.3, 0.4) is 0 Å². The monoisotopic (exact) mass is 281 g/mol. The molecule has 0 unspecified atom stereocenters. The fraction of sp³-hybridized carbons (Fsp3) is 0.385. The summed E-state index contributed by atoms with van der Waals surface area (Å²) < 4.78 is 36.4. The molecule has 2 aromatic rings. The summed E-state index contributed by atoms with van der Waals surface area (Å²) in [6, 6.07) is 3.52. The summed E-state index contributed by atoms with van der Waals surface area (Å²) in [5.74, 6) is -1.12. The maximum absolute atomic E-state index is 13.2. The smallest absolute Gasteiger partial charge is 0.241 e. The van der Waals surface area contributed by atoms with E-state index in [1.165, 1.54) is 6.07 Å². The Morgan fingerprint density at radius 2 is 1.95 bits per heavy atom. The lowest BCUT2D eigenvalue weighted by Gasteiger charge is -2.24. The van der Waals surface area contributed by atoms with Gasteiger partial charge >= 0.3 is 0 Å². The van der Waals surface area contributed by atoms with Crippen molar-refractivity contribution in [2.24, 2.45) is 0 Å². The minimum atomic E-state index is -0.929. The fourth-order valence-electron chi connectivity index (χ4n) is 2.02. The molecular formula is C13H13F2N3O2. The molecule has 3 rings (SSSR count). The second-order valence-electron chi connectivity index (χ2n) is 4.53. The summed E-state index contributed by atoms with van der Waals surface area (Å²) in [5.41, 5.74) is 0.390. The van der Waals surface area contributed by atoms with Crippen LogP contribution in [0.4, 0.5) is 8.78 Å². The number of hydrogen-bond acceptors (Lipinski definition) is 5. The molecule has 0 atom stereocenters. The molecule has 1 aliphatic rings. The number of ether oxygens (including phenoxy) is 1. The first-order chi connectivity index (χ1) is 9.72. The summed E-state index contributed by atoms with van der Waals surface area (Å²) in [6.45, 7) is 3.51. The van der Waals surface area contributed by atoms with Crippen LogP contribution in [-0.4, -0.2) is 41.3 Å². The van der Waals surface area contributed by atoms with Crippen molar-refractivity contribution in [2.45, 2.75) is 6.54 Å². The van der Waals surface area contributed by atoms with Gasteiger partial charge < -0.3 is 9.26 Å². The molecule has 1 aromatic heterocycles. The van der Waals surface area contributed by atoms with E-state index in [1.54, 1.807) is 0 Å². The van der Waals surface area contributed by atoms with Crippen molar-refractivity contribution in [3.05, 3.63) is 35.7 Å². The number of halogens is 2. The third-order valence-electron chi connectivity index (χ3n) is 3.11. The van der Waals surface area contributed by atoms with Gasteiger partial charge in [0.05, 0.1) is 19.8 Å². The zero-order valence-corrected chi connectivity index (χ0v) is 10.7. The topological polar surface area (TPSA) is 51.4 Å². The van der Waals surface area contributed by atoms with Crippen LogP contribution in [0, 0.1) is 11.6 Å². The molecule has 106 valence electrons. The van der Waals surface area contributed by atoms with E-state index < -0.39 is 11.6 Å². The molecular weight excluding hydrogens is 268 g/mol. The van der Waals surface area contributed by atoms with E-state index in [0.717, 1.165) is 25.2 Å². The highest BCUT2D eigenvalue weighted by molar-refractivity contribution is 5.54. The van der Waals surface area contributed by atoms with E-state index in [-0.39, 0.29) is 5.82 Å². The Kier molecular flexibility index (Phi) is 3.70. The predicted molar refractivity (Wildman–Crippen MR) is 65.7 cm³/mol.